The molecule has 2 aliphatic rings. The Labute approximate surface area is 287 Å². The number of carbonyl (C=O) groups is 4. The van der Waals surface area contributed by atoms with Gasteiger partial charge in [-0.1, -0.05) is 50.5 Å². The highest BCUT2D eigenvalue weighted by Gasteiger charge is 2.32. The van der Waals surface area contributed by atoms with Gasteiger partial charge in [-0.05, 0) is 60.2 Å². The topological polar surface area (TPSA) is 152 Å². The van der Waals surface area contributed by atoms with Crippen LogP contribution in [0.4, 0.5) is 5.69 Å². The maximum atomic E-state index is 13.7. The average molecular weight is 667 g/mol. The minimum Gasteiger partial charge on any atom is -0.344 e. The number of piperazine rings is 1. The lowest BCUT2D eigenvalue weighted by atomic mass is 9.83. The third-order valence-electron chi connectivity index (χ3n) is 9.53. The van der Waals surface area contributed by atoms with E-state index in [2.05, 4.69) is 32.0 Å². The van der Waals surface area contributed by atoms with Crippen molar-refractivity contribution in [1.82, 2.24) is 30.2 Å². The number of hydrogen-bond donors (Lipinski definition) is 3. The Kier molecular flexibility index (Phi) is 12.2. The zero-order chi connectivity index (χ0) is 34.8. The number of aromatic nitrogens is 2. The SMILES string of the molecule is CCC(=O)N[C@H](Cc1ccc(NC(=O)[C@@H](NC(=O)c2ccnn2C)C2CCCCC2)cc1)C(=O)N1CCN(Cc2ccc(C#N)cc2)CC1. The largest absolute Gasteiger partial charge is 0.344 e. The highest BCUT2D eigenvalue weighted by molar-refractivity contribution is 6.00. The quantitative estimate of drug-likeness (QED) is 0.268. The first kappa shape index (κ1) is 35.3. The summed E-state index contributed by atoms with van der Waals surface area (Å²) < 4.78 is 1.49. The highest BCUT2D eigenvalue weighted by Crippen LogP contribution is 2.28. The van der Waals surface area contributed by atoms with E-state index in [1.54, 1.807) is 38.4 Å². The minimum atomic E-state index is -0.712. The maximum Gasteiger partial charge on any atom is 0.270 e. The molecule has 4 amide bonds. The van der Waals surface area contributed by atoms with E-state index in [9.17, 15) is 19.2 Å². The molecular formula is C37H46N8O4. The van der Waals surface area contributed by atoms with Gasteiger partial charge in [0.05, 0.1) is 11.6 Å². The summed E-state index contributed by atoms with van der Waals surface area (Å²) in [4.78, 5) is 56.8. The summed E-state index contributed by atoms with van der Waals surface area (Å²) in [7, 11) is 1.69. The van der Waals surface area contributed by atoms with Crippen LogP contribution in [0.3, 0.4) is 0 Å². The highest BCUT2D eigenvalue weighted by atomic mass is 16.2. The number of nitrogens with one attached hydrogen (secondary N) is 3. The fourth-order valence-corrected chi connectivity index (χ4v) is 6.64. The molecule has 12 heteroatoms. The molecule has 2 fully saturated rings. The molecule has 1 saturated heterocycles. The summed E-state index contributed by atoms with van der Waals surface area (Å²) in [6.07, 6.45) is 7.05. The van der Waals surface area contributed by atoms with Gasteiger partial charge >= 0.3 is 0 Å². The monoisotopic (exact) mass is 666 g/mol. The van der Waals surface area contributed by atoms with Crippen molar-refractivity contribution in [3.05, 3.63) is 83.2 Å². The normalized spacial score (nSPS) is 16.6. The van der Waals surface area contributed by atoms with E-state index < -0.39 is 12.1 Å². The Balaban J connectivity index is 1.19. The van der Waals surface area contributed by atoms with E-state index in [0.717, 1.165) is 49.8 Å². The molecule has 258 valence electrons. The smallest absolute Gasteiger partial charge is 0.270 e. The van der Waals surface area contributed by atoms with Gasteiger partial charge in [-0.2, -0.15) is 10.4 Å². The van der Waals surface area contributed by atoms with Crippen LogP contribution in [-0.4, -0.2) is 81.5 Å². The number of nitriles is 1. The summed E-state index contributed by atoms with van der Waals surface area (Å²) in [5, 5.41) is 22.0. The van der Waals surface area contributed by atoms with E-state index in [1.165, 1.54) is 4.68 Å². The van der Waals surface area contributed by atoms with E-state index in [0.29, 0.717) is 49.5 Å². The predicted octanol–water partition coefficient (Wildman–Crippen LogP) is 3.39. The van der Waals surface area contributed by atoms with E-state index in [4.69, 9.17) is 5.26 Å². The van der Waals surface area contributed by atoms with Crippen molar-refractivity contribution in [2.24, 2.45) is 13.0 Å². The third-order valence-corrected chi connectivity index (χ3v) is 9.53. The van der Waals surface area contributed by atoms with Gasteiger partial charge in [0.15, 0.2) is 0 Å². The van der Waals surface area contributed by atoms with Crippen LogP contribution in [0, 0.1) is 17.2 Å². The number of aryl methyl sites for hydroxylation is 1. The minimum absolute atomic E-state index is 0.0389. The molecule has 3 aromatic rings. The summed E-state index contributed by atoms with van der Waals surface area (Å²) in [6.45, 7) is 5.02. The molecule has 2 aromatic carbocycles. The molecule has 12 nitrogen and oxygen atoms in total. The Morgan fingerprint density at radius 3 is 2.18 bits per heavy atom. The van der Waals surface area contributed by atoms with Gasteiger partial charge in [-0.3, -0.25) is 28.8 Å². The number of amides is 4. The van der Waals surface area contributed by atoms with Gasteiger partial charge in [0.1, 0.15) is 17.8 Å². The van der Waals surface area contributed by atoms with Gasteiger partial charge in [0.25, 0.3) is 5.91 Å². The molecule has 2 heterocycles. The van der Waals surface area contributed by atoms with Gasteiger partial charge in [0, 0.05) is 64.5 Å². The van der Waals surface area contributed by atoms with Crippen molar-refractivity contribution in [3.8, 4) is 6.07 Å². The van der Waals surface area contributed by atoms with Crippen LogP contribution in [0.15, 0.2) is 60.8 Å². The maximum absolute atomic E-state index is 13.7. The van der Waals surface area contributed by atoms with Crippen LogP contribution < -0.4 is 16.0 Å². The molecule has 1 aliphatic heterocycles. The predicted molar refractivity (Wildman–Crippen MR) is 185 cm³/mol. The Bertz CT molecular complexity index is 1630. The molecule has 0 bridgehead atoms. The lowest BCUT2D eigenvalue weighted by Gasteiger charge is -2.36. The van der Waals surface area contributed by atoms with Crippen LogP contribution in [-0.2, 0) is 34.4 Å². The van der Waals surface area contributed by atoms with Crippen LogP contribution in [0.1, 0.15) is 72.6 Å². The average Bonchev–Trinajstić information content (AvgIpc) is 3.57. The van der Waals surface area contributed by atoms with Crippen LogP contribution in [0.2, 0.25) is 0 Å². The number of carbonyl (C=O) groups excluding carboxylic acids is 4. The van der Waals surface area contributed by atoms with E-state index in [1.807, 2.05) is 41.3 Å². The Morgan fingerprint density at radius 1 is 0.898 bits per heavy atom. The second kappa shape index (κ2) is 16.9. The second-order valence-corrected chi connectivity index (χ2v) is 13.0. The first-order valence-corrected chi connectivity index (χ1v) is 17.2. The molecule has 2 atom stereocenters. The number of rotatable bonds is 12. The molecule has 0 unspecified atom stereocenters. The number of benzene rings is 2. The van der Waals surface area contributed by atoms with Gasteiger partial charge < -0.3 is 20.9 Å². The van der Waals surface area contributed by atoms with Crippen molar-refractivity contribution in [1.29, 1.82) is 5.26 Å². The number of anilines is 1. The summed E-state index contributed by atoms with van der Waals surface area (Å²) in [5.74, 6) is -0.868. The van der Waals surface area contributed by atoms with Gasteiger partial charge in [-0.15, -0.1) is 0 Å². The lowest BCUT2D eigenvalue weighted by Crippen LogP contribution is -2.55. The van der Waals surface area contributed by atoms with Crippen molar-refractivity contribution in [2.75, 3.05) is 31.5 Å². The second-order valence-electron chi connectivity index (χ2n) is 13.0. The molecule has 1 aromatic heterocycles. The fraction of sp³-hybridized carbons (Fsp3) is 0.459. The molecule has 1 saturated carbocycles. The van der Waals surface area contributed by atoms with Gasteiger partial charge in [-0.25, -0.2) is 0 Å². The third kappa shape index (κ3) is 9.54. The first-order chi connectivity index (χ1) is 23.7. The summed E-state index contributed by atoms with van der Waals surface area (Å²) >= 11 is 0. The zero-order valence-electron chi connectivity index (χ0n) is 28.4. The molecular weight excluding hydrogens is 620 g/mol. The standard InChI is InChI=1S/C37H46N8O4/c1-3-33(46)41-31(37(49)45-21-19-44(20-22-45)25-28-11-9-27(24-38)10-12-28)23-26-13-15-30(16-14-26)40-36(48)34(29-7-5-4-6-8-29)42-35(47)32-17-18-39-43(32)2/h9-18,29,31,34H,3-8,19-23,25H2,1-2H3,(H,40,48)(H,41,46)(H,42,47)/t31-,34+/m1/s1. The molecule has 5 rings (SSSR count). The summed E-state index contributed by atoms with van der Waals surface area (Å²) in [5.41, 5.74) is 3.57. The molecule has 49 heavy (non-hydrogen) atoms. The van der Waals surface area contributed by atoms with Crippen LogP contribution in [0.5, 0.6) is 0 Å². The molecule has 3 N–H and O–H groups in total. The van der Waals surface area contributed by atoms with Crippen molar-refractivity contribution in [2.45, 2.75) is 70.5 Å². The molecule has 1 aliphatic carbocycles. The molecule has 0 spiro atoms. The Hall–Kier alpha value is -5.02. The summed E-state index contributed by atoms with van der Waals surface area (Å²) in [6, 6.07) is 17.2. The van der Waals surface area contributed by atoms with Crippen LogP contribution >= 0.6 is 0 Å². The van der Waals surface area contributed by atoms with Crippen molar-refractivity contribution in [3.63, 3.8) is 0 Å². The number of hydrogen-bond acceptors (Lipinski definition) is 7. The van der Waals surface area contributed by atoms with Crippen molar-refractivity contribution >= 4 is 29.3 Å². The van der Waals surface area contributed by atoms with Crippen LogP contribution in [0.25, 0.3) is 0 Å². The first-order valence-electron chi connectivity index (χ1n) is 17.2. The van der Waals surface area contributed by atoms with E-state index in [-0.39, 0.29) is 36.0 Å². The van der Waals surface area contributed by atoms with Gasteiger partial charge in [0.2, 0.25) is 17.7 Å². The van der Waals surface area contributed by atoms with E-state index >= 15 is 0 Å². The lowest BCUT2D eigenvalue weighted by molar-refractivity contribution is -0.138. The molecule has 0 radical (unpaired) electrons. The fourth-order valence-electron chi connectivity index (χ4n) is 6.64. The Morgan fingerprint density at radius 2 is 1.57 bits per heavy atom. The van der Waals surface area contributed by atoms with Crippen molar-refractivity contribution < 1.29 is 19.2 Å². The number of nitrogens with zero attached hydrogens (tertiary/aromatic N) is 5. The zero-order valence-corrected chi connectivity index (χ0v) is 28.4.